The Morgan fingerprint density at radius 1 is 1.71 bits per heavy atom. The van der Waals surface area contributed by atoms with Crippen molar-refractivity contribution in [1.82, 2.24) is 4.98 Å². The summed E-state index contributed by atoms with van der Waals surface area (Å²) in [5.41, 5.74) is 5.47. The van der Waals surface area contributed by atoms with Gasteiger partial charge in [-0.05, 0) is 18.6 Å². The minimum Gasteiger partial charge on any atom is -0.320 e. The summed E-state index contributed by atoms with van der Waals surface area (Å²) in [5, 5.41) is 2.42. The highest BCUT2D eigenvalue weighted by Gasteiger charge is 2.11. The maximum atomic E-state index is 12.6. The second kappa shape index (κ2) is 4.66. The molecule has 1 unspecified atom stereocenters. The molecule has 5 heteroatoms. The average molecular weight is 197 g/mol. The molecule has 0 bridgehead atoms. The standard InChI is InChI=1S/C9H12FN3O/c1-2-6(11)9(14)13-8-5-3-4-7(10)12-8/h3-6H,2,11H2,1H3,(H,12,13,14). The van der Waals surface area contributed by atoms with Crippen LogP contribution < -0.4 is 11.1 Å². The Kier molecular flexibility index (Phi) is 3.53. The Morgan fingerprint density at radius 2 is 2.43 bits per heavy atom. The number of hydrogen-bond donors (Lipinski definition) is 2. The van der Waals surface area contributed by atoms with Crippen molar-refractivity contribution in [3.8, 4) is 0 Å². The number of halogens is 1. The zero-order valence-electron chi connectivity index (χ0n) is 7.83. The Morgan fingerprint density at radius 3 is 3.00 bits per heavy atom. The molecular weight excluding hydrogens is 185 g/mol. The van der Waals surface area contributed by atoms with Crippen LogP contribution >= 0.6 is 0 Å². The lowest BCUT2D eigenvalue weighted by Gasteiger charge is -2.08. The normalized spacial score (nSPS) is 12.2. The van der Waals surface area contributed by atoms with Crippen LogP contribution in [0, 0.1) is 5.95 Å². The number of rotatable bonds is 3. The Bertz CT molecular complexity index is 330. The molecule has 0 aliphatic heterocycles. The summed E-state index contributed by atoms with van der Waals surface area (Å²) in [5.74, 6) is -0.808. The number of nitrogens with zero attached hydrogens (tertiary/aromatic N) is 1. The van der Waals surface area contributed by atoms with Crippen molar-refractivity contribution in [2.24, 2.45) is 5.73 Å². The van der Waals surface area contributed by atoms with Gasteiger partial charge in [-0.15, -0.1) is 0 Å². The molecule has 0 fully saturated rings. The van der Waals surface area contributed by atoms with Crippen molar-refractivity contribution in [1.29, 1.82) is 0 Å². The molecule has 0 aliphatic carbocycles. The molecule has 76 valence electrons. The third-order valence-electron chi connectivity index (χ3n) is 1.74. The summed E-state index contributed by atoms with van der Waals surface area (Å²) < 4.78 is 12.6. The van der Waals surface area contributed by atoms with Crippen molar-refractivity contribution < 1.29 is 9.18 Å². The van der Waals surface area contributed by atoms with Crippen LogP contribution in [0.5, 0.6) is 0 Å². The van der Waals surface area contributed by atoms with E-state index in [0.29, 0.717) is 6.42 Å². The summed E-state index contributed by atoms with van der Waals surface area (Å²) in [6.45, 7) is 1.79. The Hall–Kier alpha value is -1.49. The number of nitrogens with two attached hydrogens (primary N) is 1. The van der Waals surface area contributed by atoms with Gasteiger partial charge in [0.2, 0.25) is 11.9 Å². The van der Waals surface area contributed by atoms with E-state index in [-0.39, 0.29) is 11.7 Å². The van der Waals surface area contributed by atoms with Gasteiger partial charge in [-0.1, -0.05) is 13.0 Å². The zero-order valence-corrected chi connectivity index (χ0v) is 7.83. The fourth-order valence-electron chi connectivity index (χ4n) is 0.882. The quantitative estimate of drug-likeness (QED) is 0.707. The van der Waals surface area contributed by atoms with Crippen molar-refractivity contribution in [2.45, 2.75) is 19.4 Å². The van der Waals surface area contributed by atoms with Crippen LogP contribution in [0.3, 0.4) is 0 Å². The second-order valence-corrected chi connectivity index (χ2v) is 2.85. The number of nitrogens with one attached hydrogen (secondary N) is 1. The number of pyridine rings is 1. The topological polar surface area (TPSA) is 68.0 Å². The number of anilines is 1. The average Bonchev–Trinajstić information content (AvgIpc) is 2.16. The molecule has 0 spiro atoms. The van der Waals surface area contributed by atoms with Crippen molar-refractivity contribution in [3.05, 3.63) is 24.1 Å². The van der Waals surface area contributed by atoms with E-state index in [1.165, 1.54) is 18.2 Å². The van der Waals surface area contributed by atoms with Crippen LogP contribution in [0.1, 0.15) is 13.3 Å². The van der Waals surface area contributed by atoms with Crippen LogP contribution in [-0.4, -0.2) is 16.9 Å². The van der Waals surface area contributed by atoms with E-state index in [1.54, 1.807) is 6.92 Å². The second-order valence-electron chi connectivity index (χ2n) is 2.85. The number of hydrogen-bond acceptors (Lipinski definition) is 3. The number of amides is 1. The summed E-state index contributed by atoms with van der Waals surface area (Å²) in [4.78, 5) is 14.7. The van der Waals surface area contributed by atoms with Gasteiger partial charge in [0, 0.05) is 0 Å². The van der Waals surface area contributed by atoms with E-state index < -0.39 is 12.0 Å². The van der Waals surface area contributed by atoms with Crippen LogP contribution in [0.15, 0.2) is 18.2 Å². The van der Waals surface area contributed by atoms with Crippen LogP contribution in [0.25, 0.3) is 0 Å². The van der Waals surface area contributed by atoms with Crippen molar-refractivity contribution in [3.63, 3.8) is 0 Å². The molecule has 0 radical (unpaired) electrons. The van der Waals surface area contributed by atoms with Crippen molar-refractivity contribution >= 4 is 11.7 Å². The number of aromatic nitrogens is 1. The molecule has 0 aliphatic rings. The monoisotopic (exact) mass is 197 g/mol. The lowest BCUT2D eigenvalue weighted by atomic mass is 10.2. The molecule has 1 aromatic rings. The van der Waals surface area contributed by atoms with Gasteiger partial charge in [0.05, 0.1) is 6.04 Å². The first-order valence-electron chi connectivity index (χ1n) is 4.32. The molecule has 0 aromatic carbocycles. The SMILES string of the molecule is CCC(N)C(=O)Nc1cccc(F)n1. The van der Waals surface area contributed by atoms with E-state index in [9.17, 15) is 9.18 Å². The zero-order chi connectivity index (χ0) is 10.6. The van der Waals surface area contributed by atoms with Gasteiger partial charge in [0.25, 0.3) is 0 Å². The fraction of sp³-hybridized carbons (Fsp3) is 0.333. The Labute approximate surface area is 81.3 Å². The van der Waals surface area contributed by atoms with Crippen LogP contribution in [0.2, 0.25) is 0 Å². The van der Waals surface area contributed by atoms with Gasteiger partial charge in [-0.2, -0.15) is 4.39 Å². The summed E-state index contributed by atoms with van der Waals surface area (Å²) in [6.07, 6.45) is 0.529. The van der Waals surface area contributed by atoms with E-state index >= 15 is 0 Å². The predicted octanol–water partition coefficient (Wildman–Crippen LogP) is 0.896. The molecule has 0 saturated heterocycles. The van der Waals surface area contributed by atoms with Gasteiger partial charge in [0.15, 0.2) is 0 Å². The first kappa shape index (κ1) is 10.6. The fourth-order valence-corrected chi connectivity index (χ4v) is 0.882. The minimum absolute atomic E-state index is 0.180. The lowest BCUT2D eigenvalue weighted by molar-refractivity contribution is -0.117. The number of carbonyl (C=O) groups excluding carboxylic acids is 1. The lowest BCUT2D eigenvalue weighted by Crippen LogP contribution is -2.35. The Balaban J connectivity index is 2.65. The maximum absolute atomic E-state index is 12.6. The van der Waals surface area contributed by atoms with Gasteiger partial charge in [-0.3, -0.25) is 4.79 Å². The van der Waals surface area contributed by atoms with E-state index in [2.05, 4.69) is 10.3 Å². The molecule has 0 saturated carbocycles. The predicted molar refractivity (Wildman–Crippen MR) is 51.1 cm³/mol. The van der Waals surface area contributed by atoms with E-state index in [4.69, 9.17) is 5.73 Å². The summed E-state index contributed by atoms with van der Waals surface area (Å²) in [7, 11) is 0. The van der Waals surface area contributed by atoms with Gasteiger partial charge in [0.1, 0.15) is 5.82 Å². The highest BCUT2D eigenvalue weighted by molar-refractivity contribution is 5.93. The largest absolute Gasteiger partial charge is 0.320 e. The molecule has 1 amide bonds. The maximum Gasteiger partial charge on any atom is 0.242 e. The highest BCUT2D eigenvalue weighted by Crippen LogP contribution is 2.04. The first-order valence-corrected chi connectivity index (χ1v) is 4.32. The smallest absolute Gasteiger partial charge is 0.242 e. The summed E-state index contributed by atoms with van der Waals surface area (Å²) >= 11 is 0. The molecule has 1 heterocycles. The molecule has 3 N–H and O–H groups in total. The van der Waals surface area contributed by atoms with Crippen LogP contribution in [0.4, 0.5) is 10.2 Å². The van der Waals surface area contributed by atoms with Gasteiger partial charge >= 0.3 is 0 Å². The molecular formula is C9H12FN3O. The molecule has 1 rings (SSSR count). The van der Waals surface area contributed by atoms with E-state index in [1.807, 2.05) is 0 Å². The summed E-state index contributed by atoms with van der Waals surface area (Å²) in [6, 6.07) is 3.59. The third kappa shape index (κ3) is 2.77. The molecule has 1 atom stereocenters. The van der Waals surface area contributed by atoms with Crippen molar-refractivity contribution in [2.75, 3.05) is 5.32 Å². The van der Waals surface area contributed by atoms with Crippen LogP contribution in [-0.2, 0) is 4.79 Å². The van der Waals surface area contributed by atoms with E-state index in [0.717, 1.165) is 0 Å². The molecule has 1 aromatic heterocycles. The minimum atomic E-state index is -0.632. The van der Waals surface area contributed by atoms with Gasteiger partial charge in [-0.25, -0.2) is 4.98 Å². The first-order chi connectivity index (χ1) is 6.63. The molecule has 4 nitrogen and oxygen atoms in total. The number of carbonyl (C=O) groups is 1. The highest BCUT2D eigenvalue weighted by atomic mass is 19.1. The van der Waals surface area contributed by atoms with Gasteiger partial charge < -0.3 is 11.1 Å². The third-order valence-corrected chi connectivity index (χ3v) is 1.74. The molecule has 14 heavy (non-hydrogen) atoms.